The first-order valence-corrected chi connectivity index (χ1v) is 9.86. The summed E-state index contributed by atoms with van der Waals surface area (Å²) in [7, 11) is 3.63. The van der Waals surface area contributed by atoms with Gasteiger partial charge in [0.15, 0.2) is 0 Å². The van der Waals surface area contributed by atoms with Gasteiger partial charge in [-0.05, 0) is 25.7 Å². The van der Waals surface area contributed by atoms with Gasteiger partial charge < -0.3 is 9.47 Å². The summed E-state index contributed by atoms with van der Waals surface area (Å²) in [6, 6.07) is 0. The predicted octanol–water partition coefficient (Wildman–Crippen LogP) is 5.69. The van der Waals surface area contributed by atoms with E-state index >= 15 is 0 Å². The number of thioether (sulfide) groups is 1. The monoisotopic (exact) mass is 318 g/mol. The standard InChI is InChI=1S/C18H38O2S/c1-5-7-9-11-17(13-15-19-3)21-18(14-16-20-4)12-10-8-6-2/h17-18H,5-16H2,1-4H3. The third kappa shape index (κ3) is 13.6. The van der Waals surface area contributed by atoms with Crippen LogP contribution in [0, 0.1) is 0 Å². The van der Waals surface area contributed by atoms with Crippen LogP contribution in [-0.4, -0.2) is 37.9 Å². The highest BCUT2D eigenvalue weighted by molar-refractivity contribution is 8.00. The van der Waals surface area contributed by atoms with Gasteiger partial charge in [0, 0.05) is 37.9 Å². The van der Waals surface area contributed by atoms with Crippen LogP contribution in [-0.2, 0) is 9.47 Å². The highest BCUT2D eigenvalue weighted by Gasteiger charge is 2.16. The molecular weight excluding hydrogens is 280 g/mol. The average Bonchev–Trinajstić information content (AvgIpc) is 2.50. The zero-order chi connectivity index (χ0) is 15.8. The summed E-state index contributed by atoms with van der Waals surface area (Å²) in [5, 5.41) is 1.53. The van der Waals surface area contributed by atoms with Gasteiger partial charge in [-0.2, -0.15) is 11.8 Å². The maximum absolute atomic E-state index is 5.30. The number of ether oxygens (including phenoxy) is 2. The Morgan fingerprint density at radius 1 is 0.667 bits per heavy atom. The van der Waals surface area contributed by atoms with Crippen molar-refractivity contribution in [2.24, 2.45) is 0 Å². The zero-order valence-corrected chi connectivity index (χ0v) is 15.7. The average molecular weight is 319 g/mol. The molecule has 0 aromatic carbocycles. The van der Waals surface area contributed by atoms with Crippen LogP contribution in [0.25, 0.3) is 0 Å². The van der Waals surface area contributed by atoms with Crippen LogP contribution >= 0.6 is 11.8 Å². The predicted molar refractivity (Wildman–Crippen MR) is 96.4 cm³/mol. The maximum atomic E-state index is 5.30. The van der Waals surface area contributed by atoms with E-state index in [9.17, 15) is 0 Å². The molecule has 2 atom stereocenters. The minimum Gasteiger partial charge on any atom is -0.385 e. The van der Waals surface area contributed by atoms with Crippen molar-refractivity contribution in [3.05, 3.63) is 0 Å². The molecular formula is C18H38O2S. The lowest BCUT2D eigenvalue weighted by Gasteiger charge is -2.23. The SMILES string of the molecule is CCCCCC(CCOC)SC(CCCCC)CCOC. The van der Waals surface area contributed by atoms with Gasteiger partial charge in [-0.15, -0.1) is 0 Å². The third-order valence-electron chi connectivity index (χ3n) is 3.93. The Morgan fingerprint density at radius 2 is 1.10 bits per heavy atom. The fourth-order valence-electron chi connectivity index (χ4n) is 2.58. The van der Waals surface area contributed by atoms with Gasteiger partial charge in [0.2, 0.25) is 0 Å². The topological polar surface area (TPSA) is 18.5 Å². The van der Waals surface area contributed by atoms with Gasteiger partial charge in [0.05, 0.1) is 0 Å². The van der Waals surface area contributed by atoms with E-state index in [4.69, 9.17) is 9.47 Å². The van der Waals surface area contributed by atoms with E-state index in [-0.39, 0.29) is 0 Å². The molecule has 0 spiro atoms. The molecule has 0 aromatic rings. The number of unbranched alkanes of at least 4 members (excludes halogenated alkanes) is 4. The Hall–Kier alpha value is 0.270. The van der Waals surface area contributed by atoms with Crippen LogP contribution in [0.3, 0.4) is 0 Å². The minimum atomic E-state index is 0.764. The molecule has 0 N–H and O–H groups in total. The summed E-state index contributed by atoms with van der Waals surface area (Å²) in [6.45, 7) is 6.36. The van der Waals surface area contributed by atoms with Gasteiger partial charge >= 0.3 is 0 Å². The largest absolute Gasteiger partial charge is 0.385 e. The van der Waals surface area contributed by atoms with E-state index in [1.54, 1.807) is 0 Å². The lowest BCUT2D eigenvalue weighted by atomic mass is 10.1. The van der Waals surface area contributed by atoms with Crippen LogP contribution in [0.2, 0.25) is 0 Å². The summed E-state index contributed by atoms with van der Waals surface area (Å²) in [4.78, 5) is 0. The molecule has 0 heterocycles. The molecule has 0 radical (unpaired) electrons. The summed E-state index contributed by atoms with van der Waals surface area (Å²) >= 11 is 2.21. The molecule has 21 heavy (non-hydrogen) atoms. The van der Waals surface area contributed by atoms with E-state index < -0.39 is 0 Å². The van der Waals surface area contributed by atoms with Crippen molar-refractivity contribution in [1.82, 2.24) is 0 Å². The van der Waals surface area contributed by atoms with Crippen LogP contribution in [0.5, 0.6) is 0 Å². The first kappa shape index (κ1) is 21.3. The normalized spacial score (nSPS) is 14.3. The van der Waals surface area contributed by atoms with Crippen molar-refractivity contribution in [3.8, 4) is 0 Å². The lowest BCUT2D eigenvalue weighted by molar-refractivity contribution is 0.191. The molecule has 0 aliphatic carbocycles. The van der Waals surface area contributed by atoms with Crippen molar-refractivity contribution in [2.45, 2.75) is 88.6 Å². The molecule has 2 unspecified atom stereocenters. The van der Waals surface area contributed by atoms with Crippen LogP contribution in [0.15, 0.2) is 0 Å². The molecule has 0 rings (SSSR count). The zero-order valence-electron chi connectivity index (χ0n) is 14.9. The second-order valence-corrected chi connectivity index (χ2v) is 7.54. The summed E-state index contributed by atoms with van der Waals surface area (Å²) in [5.41, 5.74) is 0. The van der Waals surface area contributed by atoms with Crippen molar-refractivity contribution in [1.29, 1.82) is 0 Å². The van der Waals surface area contributed by atoms with Crippen LogP contribution < -0.4 is 0 Å². The summed E-state index contributed by atoms with van der Waals surface area (Å²) < 4.78 is 10.6. The van der Waals surface area contributed by atoms with Crippen molar-refractivity contribution >= 4 is 11.8 Å². The van der Waals surface area contributed by atoms with Crippen molar-refractivity contribution in [3.63, 3.8) is 0 Å². The molecule has 0 aliphatic rings. The number of hydrogen-bond donors (Lipinski definition) is 0. The van der Waals surface area contributed by atoms with Crippen molar-refractivity contribution in [2.75, 3.05) is 27.4 Å². The van der Waals surface area contributed by atoms with Gasteiger partial charge in [0.25, 0.3) is 0 Å². The van der Waals surface area contributed by atoms with E-state index in [2.05, 4.69) is 25.6 Å². The quantitative estimate of drug-likeness (QED) is 0.341. The highest BCUT2D eigenvalue weighted by atomic mass is 32.2. The Balaban J connectivity index is 4.22. The summed E-state index contributed by atoms with van der Waals surface area (Å²) in [6.07, 6.45) is 13.2. The second-order valence-electron chi connectivity index (χ2n) is 5.93. The number of rotatable bonds is 16. The molecule has 2 nitrogen and oxygen atoms in total. The van der Waals surface area contributed by atoms with Crippen LogP contribution in [0.1, 0.15) is 78.1 Å². The first-order chi connectivity index (χ1) is 10.3. The Bertz CT molecular complexity index is 180. The van der Waals surface area contributed by atoms with Gasteiger partial charge in [0.1, 0.15) is 0 Å². The molecule has 3 heteroatoms. The second kappa shape index (κ2) is 16.6. The van der Waals surface area contributed by atoms with E-state index in [0.29, 0.717) is 0 Å². The number of methoxy groups -OCH3 is 2. The third-order valence-corrected chi connectivity index (χ3v) is 5.64. The molecule has 0 saturated heterocycles. The van der Waals surface area contributed by atoms with Crippen LogP contribution in [0.4, 0.5) is 0 Å². The van der Waals surface area contributed by atoms with Gasteiger partial charge in [-0.25, -0.2) is 0 Å². The number of hydrogen-bond acceptors (Lipinski definition) is 3. The molecule has 0 bridgehead atoms. The Kier molecular flexibility index (Phi) is 16.9. The fraction of sp³-hybridized carbons (Fsp3) is 1.00. The van der Waals surface area contributed by atoms with Crippen molar-refractivity contribution < 1.29 is 9.47 Å². The minimum absolute atomic E-state index is 0.764. The van der Waals surface area contributed by atoms with Gasteiger partial charge in [-0.1, -0.05) is 52.4 Å². The van der Waals surface area contributed by atoms with E-state index in [1.807, 2.05) is 14.2 Å². The van der Waals surface area contributed by atoms with E-state index in [0.717, 1.165) is 23.7 Å². The molecule has 0 saturated carbocycles. The smallest absolute Gasteiger partial charge is 0.0472 e. The molecule has 0 fully saturated rings. The maximum Gasteiger partial charge on any atom is 0.0472 e. The first-order valence-electron chi connectivity index (χ1n) is 8.91. The molecule has 0 aromatic heterocycles. The van der Waals surface area contributed by atoms with Gasteiger partial charge in [-0.3, -0.25) is 0 Å². The lowest BCUT2D eigenvalue weighted by Crippen LogP contribution is -2.15. The molecule has 0 amide bonds. The highest BCUT2D eigenvalue weighted by Crippen LogP contribution is 2.30. The van der Waals surface area contributed by atoms with E-state index in [1.165, 1.54) is 64.2 Å². The summed E-state index contributed by atoms with van der Waals surface area (Å²) in [5.74, 6) is 0. The molecule has 128 valence electrons. The Labute approximate surface area is 137 Å². The Morgan fingerprint density at radius 3 is 1.43 bits per heavy atom. The molecule has 0 aliphatic heterocycles. The fourth-order valence-corrected chi connectivity index (χ4v) is 4.19.